The highest BCUT2D eigenvalue weighted by Gasteiger charge is 2.26. The Hall–Kier alpha value is -3.69. The van der Waals surface area contributed by atoms with Crippen LogP contribution in [0.25, 0.3) is 10.4 Å². The highest BCUT2D eigenvalue weighted by Crippen LogP contribution is 2.35. The quantitative estimate of drug-likeness (QED) is 0.299. The molecular formula is C28H29ClN2O6S. The number of halogens is 1. The molecule has 0 spiro atoms. The van der Waals surface area contributed by atoms with E-state index in [9.17, 15) is 19.2 Å². The predicted molar refractivity (Wildman–Crippen MR) is 147 cm³/mol. The molecule has 3 aromatic rings. The first-order valence-electron chi connectivity index (χ1n) is 12.1. The van der Waals surface area contributed by atoms with Crippen molar-refractivity contribution in [1.29, 1.82) is 0 Å². The van der Waals surface area contributed by atoms with Gasteiger partial charge in [0.25, 0.3) is 11.8 Å². The van der Waals surface area contributed by atoms with Crippen molar-refractivity contribution in [3.05, 3.63) is 76.1 Å². The molecule has 200 valence electrons. The molecule has 0 fully saturated rings. The molecule has 38 heavy (non-hydrogen) atoms. The summed E-state index contributed by atoms with van der Waals surface area (Å²) < 4.78 is 10.4. The smallest absolute Gasteiger partial charge is 0.350 e. The molecule has 1 atom stereocenters. The van der Waals surface area contributed by atoms with Crippen molar-refractivity contribution in [3.63, 3.8) is 0 Å². The molecule has 2 amide bonds. The Morgan fingerprint density at radius 3 is 2.29 bits per heavy atom. The van der Waals surface area contributed by atoms with Crippen LogP contribution in [0.15, 0.2) is 60.7 Å². The van der Waals surface area contributed by atoms with Crippen LogP contribution >= 0.6 is 22.9 Å². The largest absolute Gasteiger partial charge is 0.462 e. The first-order valence-corrected chi connectivity index (χ1v) is 13.3. The summed E-state index contributed by atoms with van der Waals surface area (Å²) in [5, 5.41) is 5.79. The Kier molecular flexibility index (Phi) is 10.4. The molecule has 0 saturated carbocycles. The number of amides is 2. The van der Waals surface area contributed by atoms with E-state index in [2.05, 4.69) is 10.6 Å². The van der Waals surface area contributed by atoms with Crippen molar-refractivity contribution in [2.75, 3.05) is 18.5 Å². The third kappa shape index (κ3) is 8.16. The lowest BCUT2D eigenvalue weighted by molar-refractivity contribution is -0.149. The summed E-state index contributed by atoms with van der Waals surface area (Å²) in [5.41, 5.74) is 1.48. The van der Waals surface area contributed by atoms with Gasteiger partial charge in [0.1, 0.15) is 10.9 Å². The standard InChI is InChI=1S/C28H29ClN2O6S/c1-4-36-28(35)25-21(15-23(38-25)18-8-6-5-7-9-18)30-24(32)16-37-27(34)22(14-17(2)3)31-26(33)19-10-12-20(29)13-11-19/h5-13,15,17,22H,4,14,16H2,1-3H3,(H,30,32)(H,31,33). The Bertz CT molecular complexity index is 1270. The maximum Gasteiger partial charge on any atom is 0.350 e. The molecule has 0 aliphatic carbocycles. The fourth-order valence-electron chi connectivity index (χ4n) is 3.53. The number of nitrogens with one attached hydrogen (secondary N) is 2. The number of rotatable bonds is 11. The van der Waals surface area contributed by atoms with E-state index in [1.54, 1.807) is 37.3 Å². The molecule has 0 aliphatic heterocycles. The summed E-state index contributed by atoms with van der Waals surface area (Å²) >= 11 is 7.07. The van der Waals surface area contributed by atoms with Crippen LogP contribution in [0.4, 0.5) is 5.69 Å². The van der Waals surface area contributed by atoms with Crippen LogP contribution in [0.1, 0.15) is 47.2 Å². The number of carbonyl (C=O) groups excluding carboxylic acids is 4. The molecule has 0 aliphatic rings. The second-order valence-electron chi connectivity index (χ2n) is 8.76. The number of hydrogen-bond donors (Lipinski definition) is 2. The van der Waals surface area contributed by atoms with Gasteiger partial charge in [-0.2, -0.15) is 0 Å². The lowest BCUT2D eigenvalue weighted by Gasteiger charge is -2.19. The van der Waals surface area contributed by atoms with E-state index in [1.165, 1.54) is 11.3 Å². The summed E-state index contributed by atoms with van der Waals surface area (Å²) in [6.45, 7) is 5.09. The molecule has 2 aromatic carbocycles. The molecule has 1 aromatic heterocycles. The molecule has 2 N–H and O–H groups in total. The maximum absolute atomic E-state index is 12.8. The number of hydrogen-bond acceptors (Lipinski definition) is 7. The fourth-order valence-corrected chi connectivity index (χ4v) is 4.67. The van der Waals surface area contributed by atoms with E-state index in [0.29, 0.717) is 17.0 Å². The Balaban J connectivity index is 1.67. The van der Waals surface area contributed by atoms with Gasteiger partial charge >= 0.3 is 11.9 Å². The molecule has 0 bridgehead atoms. The fraction of sp³-hybridized carbons (Fsp3) is 0.286. The number of thiophene rings is 1. The molecule has 8 nitrogen and oxygen atoms in total. The van der Waals surface area contributed by atoms with E-state index < -0.39 is 36.4 Å². The van der Waals surface area contributed by atoms with E-state index in [0.717, 1.165) is 10.4 Å². The SMILES string of the molecule is CCOC(=O)c1sc(-c2ccccc2)cc1NC(=O)COC(=O)C(CC(C)C)NC(=O)c1ccc(Cl)cc1. The lowest BCUT2D eigenvalue weighted by atomic mass is 10.0. The molecule has 1 heterocycles. The van der Waals surface area contributed by atoms with Crippen LogP contribution in [-0.2, 0) is 19.1 Å². The summed E-state index contributed by atoms with van der Waals surface area (Å²) in [6.07, 6.45) is 0.317. The Morgan fingerprint density at radius 1 is 0.974 bits per heavy atom. The minimum atomic E-state index is -0.952. The van der Waals surface area contributed by atoms with Gasteiger partial charge in [-0.05, 0) is 55.2 Å². The number of anilines is 1. The van der Waals surface area contributed by atoms with Crippen molar-refractivity contribution < 1.29 is 28.7 Å². The Morgan fingerprint density at radius 2 is 1.66 bits per heavy atom. The number of benzene rings is 2. The average Bonchev–Trinajstić information content (AvgIpc) is 3.31. The zero-order valence-electron chi connectivity index (χ0n) is 21.3. The third-order valence-electron chi connectivity index (χ3n) is 5.27. The minimum Gasteiger partial charge on any atom is -0.462 e. The van der Waals surface area contributed by atoms with Gasteiger partial charge in [0, 0.05) is 15.5 Å². The summed E-state index contributed by atoms with van der Waals surface area (Å²) in [5.74, 6) is -2.32. The van der Waals surface area contributed by atoms with Gasteiger partial charge in [-0.3, -0.25) is 9.59 Å². The van der Waals surface area contributed by atoms with Crippen LogP contribution in [0, 0.1) is 5.92 Å². The molecule has 3 rings (SSSR count). The third-order valence-corrected chi connectivity index (χ3v) is 6.69. The van der Waals surface area contributed by atoms with Crippen LogP contribution in [-0.4, -0.2) is 43.0 Å². The second-order valence-corrected chi connectivity index (χ2v) is 10.2. The zero-order chi connectivity index (χ0) is 27.7. The van der Waals surface area contributed by atoms with Crippen LogP contribution < -0.4 is 10.6 Å². The van der Waals surface area contributed by atoms with Crippen molar-refractivity contribution in [3.8, 4) is 10.4 Å². The van der Waals surface area contributed by atoms with Gasteiger partial charge < -0.3 is 20.1 Å². The van der Waals surface area contributed by atoms with E-state index in [-0.39, 0.29) is 23.1 Å². The topological polar surface area (TPSA) is 111 Å². The highest BCUT2D eigenvalue weighted by molar-refractivity contribution is 7.18. The molecule has 0 saturated heterocycles. The maximum atomic E-state index is 12.8. The van der Waals surface area contributed by atoms with Gasteiger partial charge in [-0.1, -0.05) is 55.8 Å². The van der Waals surface area contributed by atoms with Crippen LogP contribution in [0.3, 0.4) is 0 Å². The monoisotopic (exact) mass is 556 g/mol. The molecule has 10 heteroatoms. The van der Waals surface area contributed by atoms with Crippen LogP contribution in [0.5, 0.6) is 0 Å². The van der Waals surface area contributed by atoms with Gasteiger partial charge in [-0.15, -0.1) is 11.3 Å². The molecular weight excluding hydrogens is 528 g/mol. The first kappa shape index (κ1) is 28.9. The van der Waals surface area contributed by atoms with Crippen molar-refractivity contribution in [1.82, 2.24) is 5.32 Å². The average molecular weight is 557 g/mol. The minimum absolute atomic E-state index is 0.0706. The number of esters is 2. The van der Waals surface area contributed by atoms with E-state index in [1.807, 2.05) is 44.2 Å². The highest BCUT2D eigenvalue weighted by atomic mass is 35.5. The molecule has 1 unspecified atom stereocenters. The van der Waals surface area contributed by atoms with Crippen molar-refractivity contribution in [2.45, 2.75) is 33.2 Å². The lowest BCUT2D eigenvalue weighted by Crippen LogP contribution is -2.43. The zero-order valence-corrected chi connectivity index (χ0v) is 22.9. The van der Waals surface area contributed by atoms with E-state index in [4.69, 9.17) is 21.1 Å². The van der Waals surface area contributed by atoms with E-state index >= 15 is 0 Å². The van der Waals surface area contributed by atoms with Gasteiger partial charge in [0.2, 0.25) is 0 Å². The molecule has 0 radical (unpaired) electrons. The summed E-state index contributed by atoms with van der Waals surface area (Å²) in [4.78, 5) is 51.6. The van der Waals surface area contributed by atoms with Gasteiger partial charge in [0.15, 0.2) is 6.61 Å². The van der Waals surface area contributed by atoms with Gasteiger partial charge in [0.05, 0.1) is 12.3 Å². The van der Waals surface area contributed by atoms with Gasteiger partial charge in [-0.25, -0.2) is 9.59 Å². The normalized spacial score (nSPS) is 11.5. The summed E-state index contributed by atoms with van der Waals surface area (Å²) in [6, 6.07) is 16.4. The van der Waals surface area contributed by atoms with Crippen molar-refractivity contribution >= 4 is 52.4 Å². The number of carbonyl (C=O) groups is 4. The summed E-state index contributed by atoms with van der Waals surface area (Å²) in [7, 11) is 0. The number of ether oxygens (including phenoxy) is 2. The predicted octanol–water partition coefficient (Wildman–Crippen LogP) is 5.57. The second kappa shape index (κ2) is 13.7. The Labute approximate surface area is 230 Å². The van der Waals surface area contributed by atoms with Crippen molar-refractivity contribution in [2.24, 2.45) is 5.92 Å². The first-order chi connectivity index (χ1) is 18.2. The van der Waals surface area contributed by atoms with Crippen LogP contribution in [0.2, 0.25) is 5.02 Å².